The number of carbonyl (C=O) groups excluding carboxylic acids is 2. The number of aryl methyl sites for hydroxylation is 2. The topological polar surface area (TPSA) is 94.4 Å². The average Bonchev–Trinajstić information content (AvgIpc) is 3.24. The molecule has 0 aliphatic carbocycles. The fourth-order valence-corrected chi connectivity index (χ4v) is 4.57. The van der Waals surface area contributed by atoms with E-state index in [9.17, 15) is 18.8 Å². The van der Waals surface area contributed by atoms with E-state index in [1.807, 2.05) is 0 Å². The van der Waals surface area contributed by atoms with E-state index in [0.29, 0.717) is 32.2 Å². The highest BCUT2D eigenvalue weighted by molar-refractivity contribution is 7.17. The number of amides is 1. The molecule has 2 heterocycles. The van der Waals surface area contributed by atoms with Crippen LogP contribution >= 0.6 is 11.3 Å². The summed E-state index contributed by atoms with van der Waals surface area (Å²) in [6.45, 7) is 4.00. The Hall–Kier alpha value is -3.92. The number of carbonyl (C=O) groups is 2. The maximum Gasteiger partial charge on any atom is 0.350 e. The molecule has 0 saturated heterocycles. The summed E-state index contributed by atoms with van der Waals surface area (Å²) in [5, 5.41) is 5.05. The van der Waals surface area contributed by atoms with Gasteiger partial charge in [-0.15, -0.1) is 0 Å². The number of hydrogen-bond donors (Lipinski definition) is 0. The van der Waals surface area contributed by atoms with Gasteiger partial charge in [-0.25, -0.2) is 14.2 Å². The average molecular weight is 495 g/mol. The molecule has 0 fully saturated rings. The van der Waals surface area contributed by atoms with Gasteiger partial charge in [-0.2, -0.15) is 5.10 Å². The molecule has 0 bridgehead atoms. The second kappa shape index (κ2) is 10.6. The number of thiazole rings is 1. The first-order chi connectivity index (χ1) is 16.9. The lowest BCUT2D eigenvalue weighted by molar-refractivity contribution is -0.119. The van der Waals surface area contributed by atoms with Gasteiger partial charge in [0.15, 0.2) is 5.13 Å². The molecule has 0 unspecified atom stereocenters. The van der Waals surface area contributed by atoms with Crippen LogP contribution in [-0.4, -0.2) is 33.2 Å². The van der Waals surface area contributed by atoms with Crippen molar-refractivity contribution in [3.8, 4) is 0 Å². The second-order valence-electron chi connectivity index (χ2n) is 7.74. The molecule has 0 N–H and O–H groups in total. The van der Waals surface area contributed by atoms with Crippen LogP contribution in [0.4, 0.5) is 9.52 Å². The molecule has 0 saturated carbocycles. The van der Waals surface area contributed by atoms with Gasteiger partial charge < -0.3 is 4.74 Å². The molecular formula is C25H23FN4O4S. The van der Waals surface area contributed by atoms with E-state index in [-0.39, 0.29) is 43.3 Å². The molecule has 2 aromatic carbocycles. The van der Waals surface area contributed by atoms with Crippen LogP contribution in [0.3, 0.4) is 0 Å². The summed E-state index contributed by atoms with van der Waals surface area (Å²) < 4.78 is 20.1. The van der Waals surface area contributed by atoms with E-state index >= 15 is 0 Å². The lowest BCUT2D eigenvalue weighted by atomic mass is 10.2. The first-order valence-electron chi connectivity index (χ1n) is 11.0. The van der Waals surface area contributed by atoms with Gasteiger partial charge in [0.2, 0.25) is 11.3 Å². The van der Waals surface area contributed by atoms with Crippen LogP contribution < -0.4 is 10.3 Å². The summed E-state index contributed by atoms with van der Waals surface area (Å²) in [5.41, 5.74) is 1.61. The number of halogens is 1. The number of aromatic nitrogens is 3. The van der Waals surface area contributed by atoms with Crippen molar-refractivity contribution >= 4 is 39.2 Å². The fraction of sp³-hybridized carbons (Fsp3) is 0.240. The van der Waals surface area contributed by atoms with Crippen molar-refractivity contribution in [3.63, 3.8) is 0 Å². The third kappa shape index (κ3) is 5.43. The molecule has 0 atom stereocenters. The number of benzene rings is 2. The number of hydrogen-bond acceptors (Lipinski definition) is 7. The van der Waals surface area contributed by atoms with Crippen LogP contribution in [0.5, 0.6) is 0 Å². The summed E-state index contributed by atoms with van der Waals surface area (Å²) in [6, 6.07) is 12.9. The summed E-state index contributed by atoms with van der Waals surface area (Å²) in [5.74, 6) is -1.13. The van der Waals surface area contributed by atoms with Crippen molar-refractivity contribution < 1.29 is 18.7 Å². The van der Waals surface area contributed by atoms with Crippen LogP contribution in [0.15, 0.2) is 59.5 Å². The van der Waals surface area contributed by atoms with Gasteiger partial charge in [0, 0.05) is 11.8 Å². The van der Waals surface area contributed by atoms with Gasteiger partial charge in [0.05, 0.1) is 37.1 Å². The SMILES string of the molecule is CCOC(=O)c1sc(N(Cc2ccc(F)cc2)C(=O)CCn2ncc(=O)c3ccccc32)nc1C. The number of nitrogens with zero attached hydrogens (tertiary/aromatic N) is 4. The minimum atomic E-state index is -0.494. The van der Waals surface area contributed by atoms with Gasteiger partial charge in [-0.05, 0) is 43.7 Å². The van der Waals surface area contributed by atoms with E-state index in [2.05, 4.69) is 10.1 Å². The van der Waals surface area contributed by atoms with Gasteiger partial charge >= 0.3 is 5.97 Å². The highest BCUT2D eigenvalue weighted by atomic mass is 32.1. The molecule has 8 nitrogen and oxygen atoms in total. The summed E-state index contributed by atoms with van der Waals surface area (Å²) in [4.78, 5) is 44.1. The lowest BCUT2D eigenvalue weighted by Crippen LogP contribution is -2.31. The van der Waals surface area contributed by atoms with Crippen molar-refractivity contribution in [2.24, 2.45) is 0 Å². The molecule has 10 heteroatoms. The molecule has 4 rings (SSSR count). The third-order valence-corrected chi connectivity index (χ3v) is 6.49. The number of anilines is 1. The van der Waals surface area contributed by atoms with Crippen LogP contribution in [0.1, 0.15) is 34.3 Å². The molecule has 180 valence electrons. The molecule has 4 aromatic rings. The van der Waals surface area contributed by atoms with Gasteiger partial charge in [-0.1, -0.05) is 35.6 Å². The van der Waals surface area contributed by atoms with Crippen molar-refractivity contribution in [1.29, 1.82) is 0 Å². The Bertz CT molecular complexity index is 1430. The Kier molecular flexibility index (Phi) is 7.31. The van der Waals surface area contributed by atoms with Gasteiger partial charge in [-0.3, -0.25) is 19.2 Å². The first kappa shape index (κ1) is 24.2. The van der Waals surface area contributed by atoms with Crippen LogP contribution in [0.2, 0.25) is 0 Å². The molecule has 0 aliphatic heterocycles. The quantitative estimate of drug-likeness (QED) is 0.342. The van der Waals surface area contributed by atoms with Crippen LogP contribution in [0, 0.1) is 12.7 Å². The van der Waals surface area contributed by atoms with E-state index in [4.69, 9.17) is 4.74 Å². The largest absolute Gasteiger partial charge is 0.462 e. The van der Waals surface area contributed by atoms with Gasteiger partial charge in [0.1, 0.15) is 10.7 Å². The first-order valence-corrected chi connectivity index (χ1v) is 11.8. The molecule has 2 aromatic heterocycles. The fourth-order valence-electron chi connectivity index (χ4n) is 3.59. The molecule has 0 radical (unpaired) electrons. The summed E-state index contributed by atoms with van der Waals surface area (Å²) in [6.07, 6.45) is 1.30. The predicted octanol–water partition coefficient (Wildman–Crippen LogP) is 4.10. The Morgan fingerprint density at radius 1 is 1.14 bits per heavy atom. The zero-order valence-corrected chi connectivity index (χ0v) is 20.0. The van der Waals surface area contributed by atoms with Crippen molar-refractivity contribution in [2.45, 2.75) is 33.4 Å². The second-order valence-corrected chi connectivity index (χ2v) is 8.71. The third-order valence-electron chi connectivity index (χ3n) is 5.33. The zero-order valence-electron chi connectivity index (χ0n) is 19.2. The highest BCUT2D eigenvalue weighted by Crippen LogP contribution is 2.29. The number of rotatable bonds is 8. The highest BCUT2D eigenvalue weighted by Gasteiger charge is 2.24. The Morgan fingerprint density at radius 2 is 1.89 bits per heavy atom. The van der Waals surface area contributed by atoms with E-state index in [1.165, 1.54) is 23.2 Å². The lowest BCUT2D eigenvalue weighted by Gasteiger charge is -2.20. The standard InChI is InChI=1S/C25H23FN4O4S/c1-3-34-24(33)23-16(2)28-25(35-23)29(15-17-8-10-18(26)11-9-17)22(32)12-13-30-20-7-5-4-6-19(20)21(31)14-27-30/h4-11,14H,3,12-13,15H2,1-2H3. The molecular weight excluding hydrogens is 471 g/mol. The van der Waals surface area contributed by atoms with E-state index in [0.717, 1.165) is 11.3 Å². The van der Waals surface area contributed by atoms with Gasteiger partial charge in [0.25, 0.3) is 0 Å². The number of ether oxygens (including phenoxy) is 1. The minimum absolute atomic E-state index is 0.0639. The minimum Gasteiger partial charge on any atom is -0.462 e. The summed E-state index contributed by atoms with van der Waals surface area (Å²) in [7, 11) is 0. The van der Waals surface area contributed by atoms with Crippen LogP contribution in [-0.2, 0) is 22.6 Å². The van der Waals surface area contributed by atoms with Crippen LogP contribution in [0.25, 0.3) is 10.9 Å². The van der Waals surface area contributed by atoms with E-state index < -0.39 is 5.97 Å². The number of para-hydroxylation sites is 1. The molecule has 35 heavy (non-hydrogen) atoms. The summed E-state index contributed by atoms with van der Waals surface area (Å²) >= 11 is 1.07. The van der Waals surface area contributed by atoms with Crippen molar-refractivity contribution in [1.82, 2.24) is 14.8 Å². The van der Waals surface area contributed by atoms with Crippen molar-refractivity contribution in [3.05, 3.63) is 86.9 Å². The number of fused-ring (bicyclic) bond motifs is 1. The molecule has 1 amide bonds. The Labute approximate surface area is 204 Å². The van der Waals surface area contributed by atoms with Crippen molar-refractivity contribution in [2.75, 3.05) is 11.5 Å². The van der Waals surface area contributed by atoms with E-state index in [1.54, 1.807) is 54.9 Å². The molecule has 0 spiro atoms. The zero-order chi connectivity index (χ0) is 24.9. The smallest absolute Gasteiger partial charge is 0.350 e. The monoisotopic (exact) mass is 494 g/mol. The maximum atomic E-state index is 13.4. The Morgan fingerprint density at radius 3 is 2.63 bits per heavy atom. The molecule has 0 aliphatic rings. The predicted molar refractivity (Wildman–Crippen MR) is 131 cm³/mol. The Balaban J connectivity index is 1.62. The number of esters is 1. The normalized spacial score (nSPS) is 10.9. The maximum absolute atomic E-state index is 13.4.